The zero-order valence-electron chi connectivity index (χ0n) is 14.5. The molecule has 1 aliphatic rings. The van der Waals surface area contributed by atoms with Gasteiger partial charge in [-0.2, -0.15) is 0 Å². The minimum absolute atomic E-state index is 0.0349. The first-order valence-corrected chi connectivity index (χ1v) is 8.40. The quantitative estimate of drug-likeness (QED) is 0.689. The van der Waals surface area contributed by atoms with Crippen LogP contribution >= 0.6 is 0 Å². The second-order valence-corrected chi connectivity index (χ2v) is 6.29. The van der Waals surface area contributed by atoms with Crippen molar-refractivity contribution in [2.24, 2.45) is 0 Å². The summed E-state index contributed by atoms with van der Waals surface area (Å²) in [5, 5.41) is 0. The van der Waals surface area contributed by atoms with Gasteiger partial charge in [-0.15, -0.1) is 0 Å². The molecular weight excluding hydrogens is 316 g/mol. The molecule has 130 valence electrons. The molecule has 5 heteroatoms. The zero-order chi connectivity index (χ0) is 18.0. The Bertz CT molecular complexity index is 824. The third-order valence-electron chi connectivity index (χ3n) is 4.64. The molecule has 0 bridgehead atoms. The number of carbonyl (C=O) groups is 2. The van der Waals surface area contributed by atoms with Gasteiger partial charge in [0.05, 0.1) is 12.7 Å². The van der Waals surface area contributed by atoms with Crippen molar-refractivity contribution in [3.8, 4) is 11.1 Å². The van der Waals surface area contributed by atoms with E-state index in [0.717, 1.165) is 42.6 Å². The van der Waals surface area contributed by atoms with Crippen LogP contribution in [0.2, 0.25) is 0 Å². The van der Waals surface area contributed by atoms with Gasteiger partial charge in [-0.05, 0) is 54.7 Å². The van der Waals surface area contributed by atoms with E-state index in [0.29, 0.717) is 16.8 Å². The van der Waals surface area contributed by atoms with E-state index in [1.54, 1.807) is 12.1 Å². The first-order valence-electron chi connectivity index (χ1n) is 8.40. The van der Waals surface area contributed by atoms with Gasteiger partial charge in [0, 0.05) is 24.3 Å². The largest absolute Gasteiger partial charge is 0.465 e. The number of aryl methyl sites for hydroxylation is 1. The van der Waals surface area contributed by atoms with Crippen LogP contribution in [0.5, 0.6) is 0 Å². The molecule has 1 amide bonds. The maximum Gasteiger partial charge on any atom is 0.339 e. The molecule has 0 spiro atoms. The summed E-state index contributed by atoms with van der Waals surface area (Å²) in [6.07, 6.45) is 2.09. The number of nitrogens with zero attached hydrogens (tertiary/aromatic N) is 1. The molecule has 1 heterocycles. The topological polar surface area (TPSA) is 72.6 Å². The summed E-state index contributed by atoms with van der Waals surface area (Å²) in [4.78, 5) is 26.8. The van der Waals surface area contributed by atoms with Gasteiger partial charge in [0.1, 0.15) is 0 Å². The number of hydrogen-bond acceptors (Lipinski definition) is 4. The summed E-state index contributed by atoms with van der Waals surface area (Å²) >= 11 is 0. The Kier molecular flexibility index (Phi) is 4.74. The number of benzene rings is 2. The molecule has 0 unspecified atom stereocenters. The van der Waals surface area contributed by atoms with Gasteiger partial charge >= 0.3 is 5.97 Å². The van der Waals surface area contributed by atoms with E-state index < -0.39 is 5.97 Å². The molecule has 0 radical (unpaired) electrons. The number of esters is 1. The monoisotopic (exact) mass is 338 g/mol. The Labute approximate surface area is 147 Å². The smallest absolute Gasteiger partial charge is 0.339 e. The van der Waals surface area contributed by atoms with Gasteiger partial charge in [0.25, 0.3) is 5.91 Å². The second kappa shape index (κ2) is 6.97. The average Bonchev–Trinajstić information content (AvgIpc) is 3.15. The third kappa shape index (κ3) is 3.22. The Morgan fingerprint density at radius 1 is 1.08 bits per heavy atom. The summed E-state index contributed by atoms with van der Waals surface area (Å²) < 4.78 is 4.80. The van der Waals surface area contributed by atoms with Crippen LogP contribution in [0, 0.1) is 6.92 Å². The number of nitrogens with two attached hydrogens (primary N) is 1. The molecule has 1 aliphatic heterocycles. The van der Waals surface area contributed by atoms with E-state index in [1.165, 1.54) is 7.11 Å². The molecule has 0 aliphatic carbocycles. The lowest BCUT2D eigenvalue weighted by atomic mass is 9.93. The highest BCUT2D eigenvalue weighted by Crippen LogP contribution is 2.31. The number of amides is 1. The first kappa shape index (κ1) is 17.0. The van der Waals surface area contributed by atoms with Crippen LogP contribution in [0.1, 0.15) is 39.1 Å². The van der Waals surface area contributed by atoms with E-state index in [4.69, 9.17) is 10.5 Å². The Morgan fingerprint density at radius 2 is 1.80 bits per heavy atom. The van der Waals surface area contributed by atoms with Gasteiger partial charge in [0.2, 0.25) is 0 Å². The molecule has 5 nitrogen and oxygen atoms in total. The number of nitrogen functional groups attached to an aromatic ring is 1. The molecule has 0 saturated carbocycles. The fraction of sp³-hybridized carbons (Fsp3) is 0.300. The first-order chi connectivity index (χ1) is 12.0. The van der Waals surface area contributed by atoms with E-state index in [2.05, 4.69) is 0 Å². The molecule has 1 fully saturated rings. The number of likely N-dealkylation sites (tertiary alicyclic amines) is 1. The lowest BCUT2D eigenvalue weighted by Gasteiger charge is -2.19. The number of anilines is 1. The van der Waals surface area contributed by atoms with Crippen LogP contribution < -0.4 is 5.73 Å². The molecule has 25 heavy (non-hydrogen) atoms. The third-order valence-corrected chi connectivity index (χ3v) is 4.64. The highest BCUT2D eigenvalue weighted by molar-refractivity contribution is 6.03. The van der Waals surface area contributed by atoms with Crippen molar-refractivity contribution >= 4 is 17.6 Å². The van der Waals surface area contributed by atoms with E-state index in [1.807, 2.05) is 36.1 Å². The van der Waals surface area contributed by atoms with Crippen LogP contribution in [-0.2, 0) is 4.74 Å². The standard InChI is InChI=1S/C20H22N2O3/c1-13-6-5-7-15(19(23)22-10-3-4-11-22)18(13)14-8-9-17(21)16(12-14)20(24)25-2/h5-9,12H,3-4,10-11,21H2,1-2H3. The van der Waals surface area contributed by atoms with Crippen LogP contribution in [0.3, 0.4) is 0 Å². The fourth-order valence-electron chi connectivity index (χ4n) is 3.32. The molecule has 1 saturated heterocycles. The van der Waals surface area contributed by atoms with Gasteiger partial charge in [-0.25, -0.2) is 4.79 Å². The minimum Gasteiger partial charge on any atom is -0.465 e. The lowest BCUT2D eigenvalue weighted by Crippen LogP contribution is -2.28. The molecular formula is C20H22N2O3. The van der Waals surface area contributed by atoms with Crippen LogP contribution in [0.25, 0.3) is 11.1 Å². The Morgan fingerprint density at radius 3 is 2.48 bits per heavy atom. The maximum absolute atomic E-state index is 12.9. The highest BCUT2D eigenvalue weighted by Gasteiger charge is 2.23. The van der Waals surface area contributed by atoms with Crippen molar-refractivity contribution in [3.05, 3.63) is 53.1 Å². The summed E-state index contributed by atoms with van der Waals surface area (Å²) in [7, 11) is 1.32. The van der Waals surface area contributed by atoms with Crippen molar-refractivity contribution in [3.63, 3.8) is 0 Å². The van der Waals surface area contributed by atoms with E-state index in [-0.39, 0.29) is 5.91 Å². The number of rotatable bonds is 3. The zero-order valence-corrected chi connectivity index (χ0v) is 14.5. The van der Waals surface area contributed by atoms with Crippen LogP contribution in [-0.4, -0.2) is 37.0 Å². The summed E-state index contributed by atoms with van der Waals surface area (Å²) in [6, 6.07) is 10.9. The normalized spacial score (nSPS) is 13.8. The minimum atomic E-state index is -0.486. The number of hydrogen-bond donors (Lipinski definition) is 1. The summed E-state index contributed by atoms with van der Waals surface area (Å²) in [6.45, 7) is 3.55. The fourth-order valence-corrected chi connectivity index (χ4v) is 3.32. The maximum atomic E-state index is 12.9. The summed E-state index contributed by atoms with van der Waals surface area (Å²) in [5.41, 5.74) is 9.83. The van der Waals surface area contributed by atoms with Crippen molar-refractivity contribution in [2.45, 2.75) is 19.8 Å². The van der Waals surface area contributed by atoms with Crippen molar-refractivity contribution < 1.29 is 14.3 Å². The molecule has 3 rings (SSSR count). The van der Waals surface area contributed by atoms with Crippen molar-refractivity contribution in [2.75, 3.05) is 25.9 Å². The van der Waals surface area contributed by atoms with Crippen LogP contribution in [0.4, 0.5) is 5.69 Å². The average molecular weight is 338 g/mol. The molecule has 2 aromatic carbocycles. The van der Waals surface area contributed by atoms with Crippen LogP contribution in [0.15, 0.2) is 36.4 Å². The number of methoxy groups -OCH3 is 1. The highest BCUT2D eigenvalue weighted by atomic mass is 16.5. The number of carbonyl (C=O) groups excluding carboxylic acids is 2. The van der Waals surface area contributed by atoms with Crippen molar-refractivity contribution in [1.29, 1.82) is 0 Å². The van der Waals surface area contributed by atoms with E-state index >= 15 is 0 Å². The predicted octanol–water partition coefficient (Wildman–Crippen LogP) is 3.27. The Balaban J connectivity index is 2.11. The van der Waals surface area contributed by atoms with Gasteiger partial charge < -0.3 is 15.4 Å². The van der Waals surface area contributed by atoms with Gasteiger partial charge in [0.15, 0.2) is 0 Å². The van der Waals surface area contributed by atoms with Crippen molar-refractivity contribution in [1.82, 2.24) is 4.90 Å². The lowest BCUT2D eigenvalue weighted by molar-refractivity contribution is 0.0601. The second-order valence-electron chi connectivity index (χ2n) is 6.29. The van der Waals surface area contributed by atoms with Gasteiger partial charge in [-0.1, -0.05) is 18.2 Å². The predicted molar refractivity (Wildman–Crippen MR) is 97.5 cm³/mol. The number of ether oxygens (including phenoxy) is 1. The SMILES string of the molecule is COC(=O)c1cc(-c2c(C)cccc2C(=O)N2CCCC2)ccc1N. The van der Waals surface area contributed by atoms with Gasteiger partial charge in [-0.3, -0.25) is 4.79 Å². The Hall–Kier alpha value is -2.82. The van der Waals surface area contributed by atoms with E-state index in [9.17, 15) is 9.59 Å². The molecule has 2 aromatic rings. The summed E-state index contributed by atoms with van der Waals surface area (Å²) in [5.74, 6) is -0.451. The molecule has 0 atom stereocenters. The molecule has 0 aromatic heterocycles. The molecule has 2 N–H and O–H groups in total.